The summed E-state index contributed by atoms with van der Waals surface area (Å²) in [5, 5.41) is 6.61. The lowest BCUT2D eigenvalue weighted by Gasteiger charge is -2.51. The van der Waals surface area contributed by atoms with Crippen LogP contribution in [0, 0.1) is 0 Å². The van der Waals surface area contributed by atoms with Crippen molar-refractivity contribution in [3.05, 3.63) is 184 Å². The van der Waals surface area contributed by atoms with Gasteiger partial charge >= 0.3 is 17.9 Å². The van der Waals surface area contributed by atoms with Gasteiger partial charge in [-0.25, -0.2) is 0 Å². The van der Waals surface area contributed by atoms with Gasteiger partial charge < -0.3 is 76.4 Å². The molecule has 1 N–H and O–H groups in total. The molecular formula is C64H76N4O19. The lowest BCUT2D eigenvalue weighted by atomic mass is 9.94. The Bertz CT molecular complexity index is 2950. The number of hydrogen-bond acceptors (Lipinski definition) is 20. The van der Waals surface area contributed by atoms with Crippen molar-refractivity contribution in [2.24, 2.45) is 5.11 Å². The number of esters is 3. The Labute approximate surface area is 505 Å². The molecule has 3 aliphatic heterocycles. The van der Waals surface area contributed by atoms with Crippen LogP contribution in [0.5, 0.6) is 5.75 Å². The molecule has 1 amide bonds. The van der Waals surface area contributed by atoms with E-state index in [0.29, 0.717) is 11.3 Å². The first-order valence-corrected chi connectivity index (χ1v) is 28.7. The predicted octanol–water partition coefficient (Wildman–Crippen LogP) is 7.78. The summed E-state index contributed by atoms with van der Waals surface area (Å²) in [6, 6.07) is 43.9. The van der Waals surface area contributed by atoms with Crippen molar-refractivity contribution in [2.45, 2.75) is 160 Å². The maximum Gasteiger partial charge on any atom is 0.303 e. The van der Waals surface area contributed by atoms with Crippen LogP contribution in [0.3, 0.4) is 0 Å². The van der Waals surface area contributed by atoms with Crippen LogP contribution < -0.4 is 10.1 Å². The minimum Gasteiger partial charge on any atom is -0.497 e. The molecule has 0 spiro atoms. The lowest BCUT2D eigenvalue weighted by Crippen LogP contribution is -2.70. The van der Waals surface area contributed by atoms with Gasteiger partial charge in [0.15, 0.2) is 31.1 Å². The van der Waals surface area contributed by atoms with Crippen LogP contribution in [0.1, 0.15) is 62.4 Å². The van der Waals surface area contributed by atoms with Crippen LogP contribution in [-0.2, 0) is 119 Å². The van der Waals surface area contributed by atoms with Gasteiger partial charge in [0.25, 0.3) is 0 Å². The summed E-state index contributed by atoms with van der Waals surface area (Å²) in [4.78, 5) is 55.6. The first-order chi connectivity index (χ1) is 42.3. The van der Waals surface area contributed by atoms with Gasteiger partial charge in [-0.1, -0.05) is 139 Å². The van der Waals surface area contributed by atoms with Gasteiger partial charge in [0.05, 0.1) is 59.5 Å². The number of ether oxygens (including phenoxy) is 15. The normalized spacial score (nSPS) is 27.0. The molecule has 5 aromatic rings. The van der Waals surface area contributed by atoms with Crippen LogP contribution in [0.15, 0.2) is 151 Å². The maximum atomic E-state index is 13.7. The lowest BCUT2D eigenvalue weighted by molar-refractivity contribution is -0.381. The average Bonchev–Trinajstić information content (AvgIpc) is 0.990. The van der Waals surface area contributed by atoms with Crippen molar-refractivity contribution >= 4 is 23.8 Å². The third-order valence-electron chi connectivity index (χ3n) is 14.4. The van der Waals surface area contributed by atoms with E-state index in [9.17, 15) is 24.7 Å². The average molecular weight is 1210 g/mol. The molecule has 87 heavy (non-hydrogen) atoms. The molecule has 3 aliphatic rings. The van der Waals surface area contributed by atoms with Crippen molar-refractivity contribution in [3.8, 4) is 5.75 Å². The van der Waals surface area contributed by atoms with Gasteiger partial charge in [-0.3, -0.25) is 19.2 Å². The highest BCUT2D eigenvalue weighted by molar-refractivity contribution is 5.73. The van der Waals surface area contributed by atoms with E-state index in [4.69, 9.17) is 71.1 Å². The third-order valence-corrected chi connectivity index (χ3v) is 14.4. The zero-order valence-corrected chi connectivity index (χ0v) is 49.5. The highest BCUT2D eigenvalue weighted by Gasteiger charge is 2.58. The van der Waals surface area contributed by atoms with E-state index < -0.39 is 122 Å². The van der Waals surface area contributed by atoms with Crippen LogP contribution in [0.25, 0.3) is 10.4 Å². The summed E-state index contributed by atoms with van der Waals surface area (Å²) in [5.74, 6) is -2.25. The molecule has 0 aromatic heterocycles. The molecular weight excluding hydrogens is 1130 g/mol. The molecule has 0 aliphatic carbocycles. The Balaban J connectivity index is 1.26. The molecule has 0 radical (unpaired) electrons. The quantitative estimate of drug-likeness (QED) is 0.0115. The highest BCUT2D eigenvalue weighted by atomic mass is 16.8. The van der Waals surface area contributed by atoms with E-state index >= 15 is 0 Å². The number of nitrogens with one attached hydrogen (secondary N) is 1. The third kappa shape index (κ3) is 19.6. The van der Waals surface area contributed by atoms with Crippen molar-refractivity contribution in [1.82, 2.24) is 5.32 Å². The van der Waals surface area contributed by atoms with Crippen LogP contribution in [0.2, 0.25) is 0 Å². The second kappa shape index (κ2) is 33.7. The largest absolute Gasteiger partial charge is 0.497 e. The fourth-order valence-electron chi connectivity index (χ4n) is 10.4. The summed E-state index contributed by atoms with van der Waals surface area (Å²) < 4.78 is 98.2. The van der Waals surface area contributed by atoms with Gasteiger partial charge in [0.1, 0.15) is 67.2 Å². The highest BCUT2D eigenvalue weighted by Crippen LogP contribution is 2.38. The number of benzene rings is 5. The number of nitrogens with zero attached hydrogens (tertiary/aromatic N) is 3. The molecule has 0 unspecified atom stereocenters. The zero-order valence-electron chi connectivity index (χ0n) is 49.5. The summed E-state index contributed by atoms with van der Waals surface area (Å²) in [5.41, 5.74) is 13.3. The summed E-state index contributed by atoms with van der Waals surface area (Å²) in [6.45, 7) is 5.97. The number of carbonyl (C=O) groups excluding carboxylic acids is 4. The Morgan fingerprint density at radius 1 is 0.494 bits per heavy atom. The molecule has 8 rings (SSSR count). The molecule has 0 bridgehead atoms. The van der Waals surface area contributed by atoms with E-state index in [1.54, 1.807) is 24.3 Å². The minimum absolute atomic E-state index is 0.0607. The Morgan fingerprint density at radius 3 is 1.47 bits per heavy atom. The molecule has 15 atom stereocenters. The Hall–Kier alpha value is -7.35. The monoisotopic (exact) mass is 1200 g/mol. The number of rotatable bonds is 30. The van der Waals surface area contributed by atoms with Gasteiger partial charge in [-0.2, -0.15) is 0 Å². The fraction of sp³-hybridized carbons (Fsp3) is 0.469. The topological polar surface area (TPSA) is 268 Å². The van der Waals surface area contributed by atoms with E-state index in [1.165, 1.54) is 34.8 Å². The Morgan fingerprint density at radius 2 is 0.954 bits per heavy atom. The van der Waals surface area contributed by atoms with Gasteiger partial charge in [0, 0.05) is 39.2 Å². The smallest absolute Gasteiger partial charge is 0.303 e. The number of hydrogen-bond donors (Lipinski definition) is 1. The second-order valence-electron chi connectivity index (χ2n) is 20.9. The Kier molecular flexibility index (Phi) is 25.4. The van der Waals surface area contributed by atoms with Crippen LogP contribution in [0.4, 0.5) is 0 Å². The molecule has 3 fully saturated rings. The summed E-state index contributed by atoms with van der Waals surface area (Å²) in [7, 11) is 1.53. The second-order valence-corrected chi connectivity index (χ2v) is 20.9. The summed E-state index contributed by atoms with van der Waals surface area (Å²) in [6.07, 6.45) is -17.8. The molecule has 3 heterocycles. The summed E-state index contributed by atoms with van der Waals surface area (Å²) >= 11 is 0. The standard InChI is InChI=1S/C64H76N4O19/c1-40-54(77-34-46-21-13-8-14-22-46)58(78-35-47-23-15-9-16-24-47)60(80-36-48-25-17-10-18-26-48)63(81-40)86-55-51(38-74-33-45-19-11-7-12-20-45)84-62(75-32-31-66-68-65)53(67-41(2)69)57(55)87-64-61(83-44(5)72)59(79-37-49-27-29-50(73-6)30-28-49)56(82-43(4)71)52(85-64)39-76-42(3)70/h7-30,40,51-64H,31-39H2,1-6H3,(H,67,69)/t40-,51+,52+,53+,54+,55+,56-,57+,58+,59-,60-,61+,62+,63-,64-/m0/s1. The van der Waals surface area contributed by atoms with Gasteiger partial charge in [-0.05, 0) is 52.4 Å². The fourth-order valence-corrected chi connectivity index (χ4v) is 10.4. The van der Waals surface area contributed by atoms with Crippen LogP contribution >= 0.6 is 0 Å². The first kappa shape index (κ1) is 65.6. The molecule has 3 saturated heterocycles. The van der Waals surface area contributed by atoms with Gasteiger partial charge in [0.2, 0.25) is 5.91 Å². The van der Waals surface area contributed by atoms with Crippen molar-refractivity contribution in [2.75, 3.05) is 33.5 Å². The zero-order chi connectivity index (χ0) is 61.5. The van der Waals surface area contributed by atoms with E-state index in [2.05, 4.69) is 15.3 Å². The number of carbonyl (C=O) groups is 4. The molecule has 466 valence electrons. The van der Waals surface area contributed by atoms with E-state index in [-0.39, 0.29) is 52.8 Å². The van der Waals surface area contributed by atoms with Gasteiger partial charge in [-0.15, -0.1) is 0 Å². The molecule has 23 nitrogen and oxygen atoms in total. The first-order valence-electron chi connectivity index (χ1n) is 28.7. The number of azide groups is 1. The predicted molar refractivity (Wildman–Crippen MR) is 309 cm³/mol. The van der Waals surface area contributed by atoms with Crippen molar-refractivity contribution in [1.29, 1.82) is 0 Å². The number of methoxy groups -OCH3 is 1. The van der Waals surface area contributed by atoms with Crippen molar-refractivity contribution < 1.29 is 90.2 Å². The van der Waals surface area contributed by atoms with E-state index in [1.807, 2.05) is 128 Å². The number of amides is 1. The van der Waals surface area contributed by atoms with Crippen molar-refractivity contribution in [3.63, 3.8) is 0 Å². The SMILES string of the molecule is COc1ccc(CO[C@H]2[C@@H](OC(C)=O)[C@@H](COC(C)=O)O[C@@H](O[C@@H]3[C@@H](NC(C)=O)[C@H](OCCN=[N+]=[N-])O[C@H](COCc4ccccc4)[C@H]3O[C@@H]3O[C@@H](C)[C@@H](OCc4ccccc4)[C@@H](OCc4ccccc4)[C@@H]3OCc3ccccc3)[C@@H]2OC(C)=O)cc1. The molecule has 5 aromatic carbocycles. The van der Waals surface area contributed by atoms with E-state index in [0.717, 1.165) is 22.3 Å². The molecule has 23 heteroatoms. The molecule has 0 saturated carbocycles. The van der Waals surface area contributed by atoms with Crippen LogP contribution in [-0.4, -0.2) is 149 Å². The minimum atomic E-state index is -1.73. The maximum absolute atomic E-state index is 13.7.